The summed E-state index contributed by atoms with van der Waals surface area (Å²) in [7, 11) is -3.87. The number of nitrogens with zero attached hydrogens (tertiary/aromatic N) is 1. The molecule has 0 saturated carbocycles. The second-order valence-corrected chi connectivity index (χ2v) is 6.00. The summed E-state index contributed by atoms with van der Waals surface area (Å²) in [6, 6.07) is 2.77. The Bertz CT molecular complexity index is 610. The number of nitrogen functional groups attached to an aromatic ring is 1. The van der Waals surface area contributed by atoms with E-state index in [0.717, 1.165) is 19.3 Å². The summed E-state index contributed by atoms with van der Waals surface area (Å²) in [5.74, 6) is 0.0389. The molecule has 0 saturated heterocycles. The molecule has 0 bridgehead atoms. The number of allylic oxidation sites excluding steroid dienone is 1. The highest BCUT2D eigenvalue weighted by Crippen LogP contribution is 2.15. The molecule has 7 heteroatoms. The molecule has 0 unspecified atom stereocenters. The highest BCUT2D eigenvalue weighted by Gasteiger charge is 2.25. The van der Waals surface area contributed by atoms with Gasteiger partial charge in [0, 0.05) is 12.2 Å². The Morgan fingerprint density at radius 2 is 2.32 bits per heavy atom. The number of pyridine rings is 1. The lowest BCUT2D eigenvalue weighted by atomic mass is 10.0. The fourth-order valence-electron chi connectivity index (χ4n) is 1.92. The van der Waals surface area contributed by atoms with Crippen molar-refractivity contribution in [3.63, 3.8) is 0 Å². The first-order valence-electron chi connectivity index (χ1n) is 5.99. The third-order valence-electron chi connectivity index (χ3n) is 2.91. The van der Waals surface area contributed by atoms with Gasteiger partial charge in [0.25, 0.3) is 10.0 Å². The van der Waals surface area contributed by atoms with Gasteiger partial charge in [-0.25, -0.2) is 18.1 Å². The number of nitrogens with one attached hydrogen (secondary N) is 2. The van der Waals surface area contributed by atoms with Crippen molar-refractivity contribution in [3.8, 4) is 0 Å². The van der Waals surface area contributed by atoms with Gasteiger partial charge in [0.2, 0.25) is 0 Å². The van der Waals surface area contributed by atoms with E-state index in [4.69, 9.17) is 11.1 Å². The lowest BCUT2D eigenvalue weighted by molar-refractivity contribution is 0.558. The normalized spacial score (nSPS) is 19.3. The van der Waals surface area contributed by atoms with Crippen molar-refractivity contribution in [3.05, 3.63) is 36.0 Å². The number of aromatic nitrogens is 1. The van der Waals surface area contributed by atoms with Gasteiger partial charge in [0.05, 0.1) is 5.56 Å². The number of nitrogens with two attached hydrogens (primary N) is 1. The van der Waals surface area contributed by atoms with Crippen molar-refractivity contribution in [2.24, 2.45) is 0 Å². The zero-order valence-corrected chi connectivity index (χ0v) is 11.2. The summed E-state index contributed by atoms with van der Waals surface area (Å²) in [6.45, 7) is 0. The monoisotopic (exact) mass is 280 g/mol. The Balaban J connectivity index is 2.20. The molecule has 0 radical (unpaired) electrons. The predicted octanol–water partition coefficient (Wildman–Crippen LogP) is 1.02. The molecule has 1 aromatic rings. The number of hydrogen-bond donors (Lipinski definition) is 3. The van der Waals surface area contributed by atoms with Gasteiger partial charge in [-0.1, -0.05) is 12.2 Å². The minimum absolute atomic E-state index is 0.0389. The van der Waals surface area contributed by atoms with Crippen molar-refractivity contribution in [1.82, 2.24) is 9.71 Å². The van der Waals surface area contributed by atoms with E-state index in [1.807, 2.05) is 12.2 Å². The maximum absolute atomic E-state index is 12.1. The van der Waals surface area contributed by atoms with Crippen LogP contribution in [0.4, 0.5) is 5.82 Å². The Morgan fingerprint density at radius 1 is 1.53 bits per heavy atom. The fourth-order valence-corrected chi connectivity index (χ4v) is 3.10. The molecule has 102 valence electrons. The van der Waals surface area contributed by atoms with E-state index >= 15 is 0 Å². The van der Waals surface area contributed by atoms with Gasteiger partial charge in [-0.3, -0.25) is 5.41 Å². The van der Waals surface area contributed by atoms with Gasteiger partial charge in [-0.2, -0.15) is 0 Å². The summed E-state index contributed by atoms with van der Waals surface area (Å²) < 4.78 is 26.7. The van der Waals surface area contributed by atoms with Crippen LogP contribution in [0.1, 0.15) is 24.8 Å². The van der Waals surface area contributed by atoms with Gasteiger partial charge >= 0.3 is 0 Å². The molecule has 0 aliphatic heterocycles. The van der Waals surface area contributed by atoms with Crippen LogP contribution in [0.2, 0.25) is 0 Å². The van der Waals surface area contributed by atoms with Crippen molar-refractivity contribution in [1.29, 1.82) is 5.41 Å². The van der Waals surface area contributed by atoms with Crippen molar-refractivity contribution in [2.45, 2.75) is 25.3 Å². The van der Waals surface area contributed by atoms with Gasteiger partial charge in [0.15, 0.2) is 5.04 Å². The van der Waals surface area contributed by atoms with Crippen molar-refractivity contribution >= 4 is 20.9 Å². The molecule has 1 aliphatic carbocycles. The maximum Gasteiger partial charge on any atom is 0.258 e. The number of sulfonamides is 1. The van der Waals surface area contributed by atoms with Gasteiger partial charge < -0.3 is 5.73 Å². The van der Waals surface area contributed by atoms with E-state index in [2.05, 4.69) is 9.71 Å². The molecule has 1 heterocycles. The molecule has 1 atom stereocenters. The van der Waals surface area contributed by atoms with Gasteiger partial charge in [0.1, 0.15) is 5.82 Å². The summed E-state index contributed by atoms with van der Waals surface area (Å²) in [5.41, 5.74) is 5.71. The largest absolute Gasteiger partial charge is 0.383 e. The summed E-state index contributed by atoms with van der Waals surface area (Å²) in [5, 5.41) is 7.25. The highest BCUT2D eigenvalue weighted by molar-refractivity contribution is 8.05. The quantitative estimate of drug-likeness (QED) is 0.436. The van der Waals surface area contributed by atoms with E-state index in [1.54, 1.807) is 6.07 Å². The Labute approximate surface area is 112 Å². The third kappa shape index (κ3) is 3.18. The minimum Gasteiger partial charge on any atom is -0.383 e. The van der Waals surface area contributed by atoms with Crippen LogP contribution in [-0.4, -0.2) is 24.5 Å². The lowest BCUT2D eigenvalue weighted by Crippen LogP contribution is -2.38. The van der Waals surface area contributed by atoms with Crippen molar-refractivity contribution < 1.29 is 8.42 Å². The zero-order chi connectivity index (χ0) is 13.9. The van der Waals surface area contributed by atoms with Crippen LogP contribution in [-0.2, 0) is 10.0 Å². The summed E-state index contributed by atoms with van der Waals surface area (Å²) in [4.78, 5) is 3.79. The molecule has 0 fully saturated rings. The SMILES string of the molecule is N=C(c1cccnc1N)S(=O)(=O)N[C@H]1C=CCCC1. The van der Waals surface area contributed by atoms with Crippen LogP contribution < -0.4 is 10.5 Å². The van der Waals surface area contributed by atoms with Crippen LogP contribution in [0.25, 0.3) is 0 Å². The Hall–Kier alpha value is -1.73. The Morgan fingerprint density at radius 3 is 2.95 bits per heavy atom. The predicted molar refractivity (Wildman–Crippen MR) is 74.3 cm³/mol. The van der Waals surface area contributed by atoms with Crippen LogP contribution in [0.3, 0.4) is 0 Å². The molecule has 4 N–H and O–H groups in total. The molecular formula is C12H16N4O2S. The topological polar surface area (TPSA) is 109 Å². The molecule has 1 aliphatic rings. The first-order valence-corrected chi connectivity index (χ1v) is 7.47. The third-order valence-corrected chi connectivity index (χ3v) is 4.28. The van der Waals surface area contributed by atoms with Crippen LogP contribution in [0.5, 0.6) is 0 Å². The fraction of sp³-hybridized carbons (Fsp3) is 0.333. The van der Waals surface area contributed by atoms with E-state index in [0.29, 0.717) is 0 Å². The van der Waals surface area contributed by atoms with E-state index in [-0.39, 0.29) is 17.4 Å². The lowest BCUT2D eigenvalue weighted by Gasteiger charge is -2.18. The standard InChI is InChI=1S/C12H16N4O2S/c13-11-10(7-4-8-15-11)12(14)19(17,18)16-9-5-2-1-3-6-9/h2,4-5,7-9,14,16H,1,3,6H2,(H2,13,15)/t9-/m0/s1. The maximum atomic E-state index is 12.1. The average molecular weight is 280 g/mol. The van der Waals surface area contributed by atoms with Crippen LogP contribution >= 0.6 is 0 Å². The molecule has 0 aromatic carbocycles. The molecule has 6 nitrogen and oxygen atoms in total. The second kappa shape index (κ2) is 5.50. The second-order valence-electron chi connectivity index (χ2n) is 4.35. The Kier molecular flexibility index (Phi) is 3.96. The summed E-state index contributed by atoms with van der Waals surface area (Å²) >= 11 is 0. The molecular weight excluding hydrogens is 264 g/mol. The minimum atomic E-state index is -3.87. The van der Waals surface area contributed by atoms with Crippen LogP contribution in [0.15, 0.2) is 30.5 Å². The average Bonchev–Trinajstić information content (AvgIpc) is 2.39. The first-order chi connectivity index (χ1) is 9.00. The molecule has 2 rings (SSSR count). The molecule has 1 aromatic heterocycles. The van der Waals surface area contributed by atoms with E-state index < -0.39 is 15.1 Å². The molecule has 0 spiro atoms. The molecule has 0 amide bonds. The molecule has 19 heavy (non-hydrogen) atoms. The van der Waals surface area contributed by atoms with E-state index in [1.165, 1.54) is 12.3 Å². The van der Waals surface area contributed by atoms with Crippen molar-refractivity contribution in [2.75, 3.05) is 5.73 Å². The first kappa shape index (κ1) is 13.7. The number of anilines is 1. The van der Waals surface area contributed by atoms with Gasteiger partial charge in [-0.15, -0.1) is 0 Å². The smallest absolute Gasteiger partial charge is 0.258 e. The zero-order valence-electron chi connectivity index (χ0n) is 10.3. The summed E-state index contributed by atoms with van der Waals surface area (Å²) in [6.07, 6.45) is 7.86. The van der Waals surface area contributed by atoms with Crippen LogP contribution in [0, 0.1) is 5.41 Å². The highest BCUT2D eigenvalue weighted by atomic mass is 32.2. The number of hydrogen-bond acceptors (Lipinski definition) is 5. The van der Waals surface area contributed by atoms with Gasteiger partial charge in [-0.05, 0) is 31.4 Å². The number of rotatable bonds is 3. The van der Waals surface area contributed by atoms with E-state index in [9.17, 15) is 8.42 Å².